The first-order valence-electron chi connectivity index (χ1n) is 17.7. The summed E-state index contributed by atoms with van der Waals surface area (Å²) >= 11 is 0. The van der Waals surface area contributed by atoms with Crippen molar-refractivity contribution in [1.29, 1.82) is 0 Å². The van der Waals surface area contributed by atoms with Gasteiger partial charge in [0.05, 0.1) is 0 Å². The highest BCUT2D eigenvalue weighted by Gasteiger charge is 2.18. The second-order valence-electron chi connectivity index (χ2n) is 11.9. The highest BCUT2D eigenvalue weighted by Crippen LogP contribution is 2.15. The molecular formula is C36H66N2O5. The molecule has 7 nitrogen and oxygen atoms in total. The molecule has 0 rings (SSSR count). The van der Waals surface area contributed by atoms with Crippen LogP contribution in [0.25, 0.3) is 0 Å². The van der Waals surface area contributed by atoms with Gasteiger partial charge >= 0.3 is 11.9 Å². The average molecular weight is 607 g/mol. The minimum atomic E-state index is -1.02. The van der Waals surface area contributed by atoms with Crippen LogP contribution in [0.15, 0.2) is 24.3 Å². The summed E-state index contributed by atoms with van der Waals surface area (Å²) in [4.78, 5) is 36.0. The number of carboxylic acids is 1. The van der Waals surface area contributed by atoms with Gasteiger partial charge in [0.25, 0.3) is 0 Å². The topological polar surface area (TPSA) is 119 Å². The average Bonchev–Trinajstić information content (AvgIpc) is 2.98. The summed E-state index contributed by atoms with van der Waals surface area (Å²) in [6.07, 6.45) is 32.4. The van der Waals surface area contributed by atoms with Gasteiger partial charge in [-0.25, -0.2) is 4.79 Å². The van der Waals surface area contributed by atoms with Crippen LogP contribution in [0, 0.1) is 0 Å². The number of carbonyl (C=O) groups is 3. The van der Waals surface area contributed by atoms with Gasteiger partial charge in [-0.2, -0.15) is 0 Å². The van der Waals surface area contributed by atoms with Crippen LogP contribution in [0.3, 0.4) is 0 Å². The number of hydrogen-bond donors (Lipinski definition) is 3. The maximum atomic E-state index is 12.6. The summed E-state index contributed by atoms with van der Waals surface area (Å²) in [5.74, 6) is -1.36. The van der Waals surface area contributed by atoms with Crippen molar-refractivity contribution in [3.8, 4) is 0 Å². The van der Waals surface area contributed by atoms with E-state index in [1.807, 2.05) is 6.08 Å². The van der Waals surface area contributed by atoms with Crippen LogP contribution < -0.4 is 11.1 Å². The monoisotopic (exact) mass is 606 g/mol. The van der Waals surface area contributed by atoms with E-state index in [0.29, 0.717) is 38.6 Å². The van der Waals surface area contributed by atoms with Crippen LogP contribution in [-0.2, 0) is 19.1 Å². The molecule has 43 heavy (non-hydrogen) atoms. The van der Waals surface area contributed by atoms with Crippen molar-refractivity contribution in [1.82, 2.24) is 5.32 Å². The minimum Gasteiger partial charge on any atom is -0.480 e. The van der Waals surface area contributed by atoms with E-state index in [1.54, 1.807) is 0 Å². The number of aliphatic carboxylic acids is 1. The molecule has 0 saturated carbocycles. The van der Waals surface area contributed by atoms with Gasteiger partial charge in [-0.05, 0) is 64.0 Å². The zero-order valence-electron chi connectivity index (χ0n) is 27.8. The number of allylic oxidation sites excluding steroid dienone is 3. The van der Waals surface area contributed by atoms with Gasteiger partial charge in [-0.15, -0.1) is 0 Å². The fraction of sp³-hybridized carbons (Fsp3) is 0.806. The third-order valence-corrected chi connectivity index (χ3v) is 7.73. The molecule has 1 amide bonds. The van der Waals surface area contributed by atoms with Gasteiger partial charge < -0.3 is 20.9 Å². The molecular weight excluding hydrogens is 540 g/mol. The van der Waals surface area contributed by atoms with Gasteiger partial charge in [-0.3, -0.25) is 9.59 Å². The van der Waals surface area contributed by atoms with Crippen LogP contribution >= 0.6 is 0 Å². The standard InChI is InChI=1S/C36H66N2O5/c1-3-5-7-9-11-12-13-14-15-16-18-24-30-35(40)43-32(26-21-17-10-8-6-4-2)27-22-19-20-23-29-34(39)38-33(36(41)42)28-25-31-37/h8,10,21,26,32-33H,3-7,9,11-20,22-25,27-31,37H2,1-2H3,(H,38,39)(H,41,42)/b10-8-,26-21-. The zero-order chi connectivity index (χ0) is 31.8. The highest BCUT2D eigenvalue weighted by molar-refractivity contribution is 5.83. The molecule has 4 N–H and O–H groups in total. The van der Waals surface area contributed by atoms with Crippen LogP contribution in [-0.4, -0.2) is 41.6 Å². The summed E-state index contributed by atoms with van der Waals surface area (Å²) < 4.78 is 5.84. The number of amides is 1. The SMILES string of the molecule is CCC/C=C\C/C=C\C(CCCCCCC(=O)NC(CCCN)C(=O)O)OC(=O)CCCCCCCCCCCCCC. The molecule has 2 atom stereocenters. The highest BCUT2D eigenvalue weighted by atomic mass is 16.5. The second-order valence-corrected chi connectivity index (χ2v) is 11.9. The number of ether oxygens (including phenoxy) is 1. The fourth-order valence-electron chi connectivity index (χ4n) is 5.05. The van der Waals surface area contributed by atoms with Crippen molar-refractivity contribution < 1.29 is 24.2 Å². The maximum Gasteiger partial charge on any atom is 0.326 e. The van der Waals surface area contributed by atoms with E-state index in [4.69, 9.17) is 10.5 Å². The molecule has 0 saturated heterocycles. The summed E-state index contributed by atoms with van der Waals surface area (Å²) in [6.45, 7) is 4.82. The maximum absolute atomic E-state index is 12.6. The Hall–Kier alpha value is -2.15. The van der Waals surface area contributed by atoms with Crippen LogP contribution in [0.2, 0.25) is 0 Å². The molecule has 0 aromatic carbocycles. The zero-order valence-corrected chi connectivity index (χ0v) is 27.8. The van der Waals surface area contributed by atoms with Gasteiger partial charge in [0, 0.05) is 12.8 Å². The lowest BCUT2D eigenvalue weighted by Gasteiger charge is -2.15. The second kappa shape index (κ2) is 31.3. The predicted molar refractivity (Wildman–Crippen MR) is 179 cm³/mol. The fourth-order valence-corrected chi connectivity index (χ4v) is 5.05. The Morgan fingerprint density at radius 2 is 1.28 bits per heavy atom. The summed E-state index contributed by atoms with van der Waals surface area (Å²) in [5.41, 5.74) is 5.46. The molecule has 250 valence electrons. The molecule has 0 aliphatic heterocycles. The Bertz CT molecular complexity index is 737. The molecule has 0 fully saturated rings. The molecule has 0 spiro atoms. The number of unbranched alkanes of at least 4 members (excludes halogenated alkanes) is 15. The van der Waals surface area contributed by atoms with Crippen LogP contribution in [0.4, 0.5) is 0 Å². The van der Waals surface area contributed by atoms with Crippen molar-refractivity contribution in [2.45, 2.75) is 180 Å². The lowest BCUT2D eigenvalue weighted by molar-refractivity contribution is -0.147. The van der Waals surface area contributed by atoms with Crippen molar-refractivity contribution in [3.63, 3.8) is 0 Å². The number of nitrogens with two attached hydrogens (primary N) is 1. The molecule has 0 aliphatic rings. The predicted octanol–water partition coefficient (Wildman–Crippen LogP) is 8.94. The van der Waals surface area contributed by atoms with Crippen molar-refractivity contribution in [3.05, 3.63) is 24.3 Å². The number of nitrogens with one attached hydrogen (secondary N) is 1. The Balaban J connectivity index is 4.27. The van der Waals surface area contributed by atoms with Gasteiger partial charge in [0.1, 0.15) is 12.1 Å². The smallest absolute Gasteiger partial charge is 0.326 e. The van der Waals surface area contributed by atoms with Gasteiger partial charge in [0.2, 0.25) is 5.91 Å². The normalized spacial score (nSPS) is 13.0. The Labute approximate surface area is 263 Å². The minimum absolute atomic E-state index is 0.109. The van der Waals surface area contributed by atoms with Crippen LogP contribution in [0.5, 0.6) is 0 Å². The van der Waals surface area contributed by atoms with Crippen molar-refractivity contribution >= 4 is 17.8 Å². The Kier molecular flexibility index (Phi) is 29.7. The van der Waals surface area contributed by atoms with E-state index in [0.717, 1.165) is 57.8 Å². The lowest BCUT2D eigenvalue weighted by atomic mass is 10.0. The number of rotatable bonds is 31. The largest absolute Gasteiger partial charge is 0.480 e. The third-order valence-electron chi connectivity index (χ3n) is 7.73. The Morgan fingerprint density at radius 3 is 1.86 bits per heavy atom. The first-order chi connectivity index (χ1) is 20.9. The molecule has 2 unspecified atom stereocenters. The Morgan fingerprint density at radius 1 is 0.698 bits per heavy atom. The third kappa shape index (κ3) is 28.4. The number of carbonyl (C=O) groups excluding carboxylic acids is 2. The van der Waals surface area contributed by atoms with E-state index >= 15 is 0 Å². The van der Waals surface area contributed by atoms with E-state index < -0.39 is 12.0 Å². The van der Waals surface area contributed by atoms with E-state index in [2.05, 4.69) is 37.4 Å². The number of esters is 1. The summed E-state index contributed by atoms with van der Waals surface area (Å²) in [7, 11) is 0. The molecule has 0 bridgehead atoms. The lowest BCUT2D eigenvalue weighted by Crippen LogP contribution is -2.40. The summed E-state index contributed by atoms with van der Waals surface area (Å²) in [6, 6.07) is -0.870. The van der Waals surface area contributed by atoms with E-state index in [-0.39, 0.29) is 18.0 Å². The molecule has 0 aliphatic carbocycles. The van der Waals surface area contributed by atoms with E-state index in [9.17, 15) is 19.5 Å². The number of carboxylic acid groups (broad SMARTS) is 1. The molecule has 7 heteroatoms. The molecule has 0 aromatic rings. The van der Waals surface area contributed by atoms with E-state index in [1.165, 1.54) is 64.2 Å². The van der Waals surface area contributed by atoms with Crippen molar-refractivity contribution in [2.24, 2.45) is 5.73 Å². The van der Waals surface area contributed by atoms with Gasteiger partial charge in [0.15, 0.2) is 0 Å². The molecule has 0 aromatic heterocycles. The van der Waals surface area contributed by atoms with Crippen LogP contribution in [0.1, 0.15) is 168 Å². The van der Waals surface area contributed by atoms with Gasteiger partial charge in [-0.1, -0.05) is 122 Å². The quantitative estimate of drug-likeness (QED) is 0.0412. The van der Waals surface area contributed by atoms with Crippen molar-refractivity contribution in [2.75, 3.05) is 6.54 Å². The first-order valence-corrected chi connectivity index (χ1v) is 17.7. The summed E-state index contributed by atoms with van der Waals surface area (Å²) in [5, 5.41) is 11.9. The molecule has 0 heterocycles. The number of hydrogen-bond acceptors (Lipinski definition) is 5. The first kappa shape index (κ1) is 40.9. The molecule has 0 radical (unpaired) electrons.